The lowest BCUT2D eigenvalue weighted by Crippen LogP contribution is -1.92. The molecule has 0 aliphatic heterocycles. The van der Waals surface area contributed by atoms with Crippen LogP contribution in [0.4, 0.5) is 8.78 Å². The van der Waals surface area contributed by atoms with Crippen molar-refractivity contribution in [2.45, 2.75) is 11.8 Å². The molecular weight excluding hydrogens is 238 g/mol. The number of nitrogens with zero attached hydrogens (tertiary/aromatic N) is 2. The molecule has 2 aromatic rings. The number of benzene rings is 1. The van der Waals surface area contributed by atoms with Crippen molar-refractivity contribution in [1.82, 2.24) is 10.2 Å². The average molecular weight is 245 g/mol. The quantitative estimate of drug-likeness (QED) is 0.778. The van der Waals surface area contributed by atoms with Gasteiger partial charge in [0.1, 0.15) is 5.38 Å². The Labute approximate surface area is 95.1 Å². The van der Waals surface area contributed by atoms with E-state index < -0.39 is 17.7 Å². The van der Waals surface area contributed by atoms with Gasteiger partial charge in [0.05, 0.1) is 0 Å². The molecular formula is C10H7ClF2N2O. The van der Waals surface area contributed by atoms with E-state index in [4.69, 9.17) is 16.0 Å². The lowest BCUT2D eigenvalue weighted by Gasteiger charge is -2.03. The van der Waals surface area contributed by atoms with Gasteiger partial charge >= 0.3 is 6.43 Å². The minimum absolute atomic E-state index is 0.0248. The Morgan fingerprint density at radius 3 is 2.25 bits per heavy atom. The third kappa shape index (κ3) is 2.19. The number of aromatic nitrogens is 2. The summed E-state index contributed by atoms with van der Waals surface area (Å²) in [6.07, 6.45) is -2.78. The minimum Gasteiger partial charge on any atom is -0.418 e. The Morgan fingerprint density at radius 2 is 1.69 bits per heavy atom. The molecule has 0 spiro atoms. The van der Waals surface area contributed by atoms with Crippen LogP contribution in [-0.4, -0.2) is 10.2 Å². The summed E-state index contributed by atoms with van der Waals surface area (Å²) >= 11 is 6.01. The summed E-state index contributed by atoms with van der Waals surface area (Å²) < 4.78 is 29.2. The van der Waals surface area contributed by atoms with E-state index in [0.717, 1.165) is 0 Å². The maximum absolute atomic E-state index is 12.2. The van der Waals surface area contributed by atoms with Crippen LogP contribution in [0.3, 0.4) is 0 Å². The number of rotatable bonds is 3. The van der Waals surface area contributed by atoms with Crippen LogP contribution in [0.25, 0.3) is 0 Å². The van der Waals surface area contributed by atoms with E-state index in [1.807, 2.05) is 6.07 Å². The topological polar surface area (TPSA) is 38.9 Å². The van der Waals surface area contributed by atoms with Crippen LogP contribution < -0.4 is 0 Å². The molecule has 0 saturated carbocycles. The standard InChI is InChI=1S/C10H7ClF2N2O/c11-7(6-4-2-1-3-5-6)9-14-15-10(16-9)8(12)13/h1-5,7-8H. The second-order valence-electron chi connectivity index (χ2n) is 3.05. The highest BCUT2D eigenvalue weighted by Gasteiger charge is 2.21. The minimum atomic E-state index is -2.78. The Bertz CT molecular complexity index is 461. The fourth-order valence-electron chi connectivity index (χ4n) is 1.20. The van der Waals surface area contributed by atoms with E-state index in [1.54, 1.807) is 24.3 Å². The predicted molar refractivity (Wildman–Crippen MR) is 53.4 cm³/mol. The molecule has 0 bridgehead atoms. The molecule has 1 unspecified atom stereocenters. The maximum Gasteiger partial charge on any atom is 0.314 e. The van der Waals surface area contributed by atoms with Crippen molar-refractivity contribution in [3.63, 3.8) is 0 Å². The number of alkyl halides is 3. The summed E-state index contributed by atoms with van der Waals surface area (Å²) in [6.45, 7) is 0. The van der Waals surface area contributed by atoms with Gasteiger partial charge in [-0.15, -0.1) is 21.8 Å². The summed E-state index contributed by atoms with van der Waals surface area (Å²) in [4.78, 5) is 0. The molecule has 1 aromatic heterocycles. The van der Waals surface area contributed by atoms with E-state index in [1.165, 1.54) is 0 Å². The summed E-state index contributed by atoms with van der Waals surface area (Å²) in [5.41, 5.74) is 0.716. The third-order valence-electron chi connectivity index (χ3n) is 1.95. The summed E-state index contributed by atoms with van der Waals surface area (Å²) in [5.74, 6) is -0.736. The van der Waals surface area contributed by atoms with Gasteiger partial charge in [0, 0.05) is 0 Å². The molecule has 0 saturated heterocycles. The number of hydrogen-bond acceptors (Lipinski definition) is 3. The van der Waals surface area contributed by atoms with Crippen LogP contribution in [0.1, 0.15) is 29.1 Å². The Hall–Kier alpha value is -1.49. The first-order chi connectivity index (χ1) is 7.68. The second-order valence-corrected chi connectivity index (χ2v) is 3.49. The highest BCUT2D eigenvalue weighted by molar-refractivity contribution is 6.22. The first kappa shape index (κ1) is 11.0. The highest BCUT2D eigenvalue weighted by atomic mass is 35.5. The first-order valence-electron chi connectivity index (χ1n) is 4.49. The lowest BCUT2D eigenvalue weighted by atomic mass is 10.1. The van der Waals surface area contributed by atoms with E-state index in [0.29, 0.717) is 5.56 Å². The van der Waals surface area contributed by atoms with Gasteiger partial charge in [-0.1, -0.05) is 30.3 Å². The van der Waals surface area contributed by atoms with Crippen molar-refractivity contribution in [1.29, 1.82) is 0 Å². The molecule has 0 radical (unpaired) electrons. The molecule has 1 aromatic carbocycles. The van der Waals surface area contributed by atoms with Gasteiger partial charge in [0.2, 0.25) is 5.89 Å². The molecule has 0 aliphatic rings. The molecule has 0 amide bonds. The molecule has 84 valence electrons. The van der Waals surface area contributed by atoms with Gasteiger partial charge in [-0.25, -0.2) is 0 Å². The molecule has 0 aliphatic carbocycles. The highest BCUT2D eigenvalue weighted by Crippen LogP contribution is 2.29. The largest absolute Gasteiger partial charge is 0.418 e. The van der Waals surface area contributed by atoms with Crippen molar-refractivity contribution < 1.29 is 13.2 Å². The zero-order chi connectivity index (χ0) is 11.5. The van der Waals surface area contributed by atoms with Crippen molar-refractivity contribution in [2.24, 2.45) is 0 Å². The van der Waals surface area contributed by atoms with Crippen molar-refractivity contribution in [2.75, 3.05) is 0 Å². The zero-order valence-electron chi connectivity index (χ0n) is 7.98. The Morgan fingerprint density at radius 1 is 1.06 bits per heavy atom. The lowest BCUT2D eigenvalue weighted by molar-refractivity contribution is 0.113. The molecule has 0 fully saturated rings. The molecule has 1 atom stereocenters. The summed E-state index contributed by atoms with van der Waals surface area (Å²) in [6, 6.07) is 8.91. The van der Waals surface area contributed by atoms with Gasteiger partial charge in [-0.3, -0.25) is 0 Å². The SMILES string of the molecule is FC(F)c1nnc(C(Cl)c2ccccc2)o1. The van der Waals surface area contributed by atoms with Crippen molar-refractivity contribution in [3.8, 4) is 0 Å². The monoisotopic (exact) mass is 244 g/mol. The van der Waals surface area contributed by atoms with E-state index in [9.17, 15) is 8.78 Å². The number of hydrogen-bond donors (Lipinski definition) is 0. The van der Waals surface area contributed by atoms with Crippen LogP contribution in [0.5, 0.6) is 0 Å². The molecule has 2 rings (SSSR count). The van der Waals surface area contributed by atoms with Crippen LogP contribution in [0.2, 0.25) is 0 Å². The Balaban J connectivity index is 2.24. The van der Waals surface area contributed by atoms with Crippen molar-refractivity contribution >= 4 is 11.6 Å². The van der Waals surface area contributed by atoms with E-state index in [2.05, 4.69) is 10.2 Å². The van der Waals surface area contributed by atoms with Crippen LogP contribution in [0, 0.1) is 0 Å². The smallest absolute Gasteiger partial charge is 0.314 e. The fraction of sp³-hybridized carbons (Fsp3) is 0.200. The molecule has 0 N–H and O–H groups in total. The van der Waals surface area contributed by atoms with Gasteiger partial charge in [-0.2, -0.15) is 8.78 Å². The van der Waals surface area contributed by atoms with E-state index in [-0.39, 0.29) is 5.89 Å². The maximum atomic E-state index is 12.2. The van der Waals surface area contributed by atoms with Crippen LogP contribution in [-0.2, 0) is 0 Å². The van der Waals surface area contributed by atoms with Gasteiger partial charge < -0.3 is 4.42 Å². The van der Waals surface area contributed by atoms with Crippen molar-refractivity contribution in [3.05, 3.63) is 47.7 Å². The number of halogens is 3. The first-order valence-corrected chi connectivity index (χ1v) is 4.92. The summed E-state index contributed by atoms with van der Waals surface area (Å²) in [7, 11) is 0. The third-order valence-corrected chi connectivity index (χ3v) is 2.39. The average Bonchev–Trinajstić information content (AvgIpc) is 2.78. The fourth-order valence-corrected chi connectivity index (χ4v) is 1.44. The second kappa shape index (κ2) is 4.57. The van der Waals surface area contributed by atoms with Gasteiger partial charge in [0.15, 0.2) is 0 Å². The van der Waals surface area contributed by atoms with Crippen LogP contribution >= 0.6 is 11.6 Å². The van der Waals surface area contributed by atoms with Crippen LogP contribution in [0.15, 0.2) is 34.7 Å². The normalized spacial score (nSPS) is 13.0. The molecule has 6 heteroatoms. The summed E-state index contributed by atoms with van der Waals surface area (Å²) in [5, 5.41) is 5.99. The van der Waals surface area contributed by atoms with E-state index >= 15 is 0 Å². The predicted octanol–water partition coefficient (Wildman–Crippen LogP) is 3.34. The van der Waals surface area contributed by atoms with Gasteiger partial charge in [0.25, 0.3) is 5.89 Å². The van der Waals surface area contributed by atoms with Gasteiger partial charge in [-0.05, 0) is 5.56 Å². The molecule has 1 heterocycles. The Kier molecular flexibility index (Phi) is 3.14. The molecule has 16 heavy (non-hydrogen) atoms. The zero-order valence-corrected chi connectivity index (χ0v) is 8.73. The molecule has 3 nitrogen and oxygen atoms in total.